The van der Waals surface area contributed by atoms with Crippen LogP contribution in [0.4, 0.5) is 5.69 Å². The zero-order chi connectivity index (χ0) is 8.97. The molecule has 0 aliphatic carbocycles. The number of nitrogens with zero attached hydrogens (tertiary/aromatic N) is 1. The molecule has 0 aliphatic heterocycles. The third-order valence-corrected chi connectivity index (χ3v) is 2.11. The van der Waals surface area contributed by atoms with Crippen molar-refractivity contribution in [3.05, 3.63) is 29.8 Å². The Kier molecular flexibility index (Phi) is 3.70. The van der Waals surface area contributed by atoms with Gasteiger partial charge in [0.05, 0.1) is 0 Å². The molecule has 0 N–H and O–H groups in total. The van der Waals surface area contributed by atoms with Gasteiger partial charge in [-0.25, -0.2) is 0 Å². The van der Waals surface area contributed by atoms with Crippen LogP contribution in [-0.4, -0.2) is 18.4 Å². The van der Waals surface area contributed by atoms with Crippen LogP contribution < -0.4 is 4.90 Å². The molecular weight excluding hydrogens is 182 g/mol. The average Bonchev–Trinajstić information content (AvgIpc) is 2.05. The van der Waals surface area contributed by atoms with E-state index >= 15 is 0 Å². The Morgan fingerprint density at radius 2 is 2.00 bits per heavy atom. The summed E-state index contributed by atoms with van der Waals surface area (Å²) in [5, 5.41) is 0. The van der Waals surface area contributed by atoms with Crippen molar-refractivity contribution in [2.24, 2.45) is 0 Å². The predicted octanol–water partition coefficient (Wildman–Crippen LogP) is 1.64. The van der Waals surface area contributed by atoms with E-state index in [1.807, 2.05) is 0 Å². The second kappa shape index (κ2) is 4.59. The first-order chi connectivity index (χ1) is 5.75. The van der Waals surface area contributed by atoms with Crippen molar-refractivity contribution in [1.82, 2.24) is 0 Å². The van der Waals surface area contributed by atoms with Crippen LogP contribution in [0.5, 0.6) is 0 Å². The van der Waals surface area contributed by atoms with Gasteiger partial charge >= 0.3 is 85.2 Å². The Balaban J connectivity index is 2.99. The third kappa shape index (κ3) is 2.29. The Morgan fingerprint density at radius 1 is 1.33 bits per heavy atom. The number of hydrogen-bond donors (Lipinski definition) is 0. The Morgan fingerprint density at radius 3 is 2.58 bits per heavy atom. The molecule has 1 rings (SSSR count). The molecular formula is C10H13NTi+2. The van der Waals surface area contributed by atoms with Crippen LogP contribution in [0.2, 0.25) is 0 Å². The summed E-state index contributed by atoms with van der Waals surface area (Å²) in [6.07, 6.45) is 1.05. The summed E-state index contributed by atoms with van der Waals surface area (Å²) < 4.78 is 2.18. The SMILES string of the molecule is CN(C)c1ccccc1C[CH]=[Ti+2]. The molecule has 1 aromatic carbocycles. The van der Waals surface area contributed by atoms with Gasteiger partial charge in [0.25, 0.3) is 0 Å². The second-order valence-electron chi connectivity index (χ2n) is 2.93. The summed E-state index contributed by atoms with van der Waals surface area (Å²) in [5.74, 6) is 0. The molecule has 0 bridgehead atoms. The molecule has 0 amide bonds. The number of rotatable bonds is 3. The molecule has 0 aliphatic rings. The molecule has 0 saturated carbocycles. The molecule has 0 fully saturated rings. The van der Waals surface area contributed by atoms with E-state index in [0.29, 0.717) is 0 Å². The van der Waals surface area contributed by atoms with Crippen molar-refractivity contribution in [2.75, 3.05) is 19.0 Å². The Bertz CT molecular complexity index is 268. The fourth-order valence-corrected chi connectivity index (χ4v) is 1.57. The number of benzene rings is 1. The molecule has 0 heterocycles. The first kappa shape index (κ1) is 9.69. The minimum atomic E-state index is 1.05. The van der Waals surface area contributed by atoms with E-state index < -0.39 is 0 Å². The monoisotopic (exact) mass is 195 g/mol. The average molecular weight is 195 g/mol. The van der Waals surface area contributed by atoms with E-state index in [1.54, 1.807) is 0 Å². The van der Waals surface area contributed by atoms with Crippen LogP contribution >= 0.6 is 0 Å². The maximum atomic E-state index is 2.18. The van der Waals surface area contributed by atoms with Gasteiger partial charge in [0.1, 0.15) is 0 Å². The van der Waals surface area contributed by atoms with Gasteiger partial charge in [0, 0.05) is 0 Å². The second-order valence-corrected chi connectivity index (χ2v) is 3.57. The standard InChI is InChI=1S/C10H13N.Ti/c1-4-9-7-5-6-8-10(9)11(2)3;/h1,5-8H,4H2,2-3H3;/q;+2. The summed E-state index contributed by atoms with van der Waals surface area (Å²) in [6, 6.07) is 8.49. The number of hydrogen-bond acceptors (Lipinski definition) is 1. The molecule has 1 nitrogen and oxygen atoms in total. The van der Waals surface area contributed by atoms with Crippen molar-refractivity contribution < 1.29 is 20.0 Å². The van der Waals surface area contributed by atoms with Gasteiger partial charge in [-0.3, -0.25) is 0 Å². The third-order valence-electron chi connectivity index (χ3n) is 1.80. The number of para-hydroxylation sites is 1. The van der Waals surface area contributed by atoms with Crippen LogP contribution in [0, 0.1) is 0 Å². The maximum absolute atomic E-state index is 2.18. The van der Waals surface area contributed by atoms with Crippen molar-refractivity contribution in [3.8, 4) is 0 Å². The van der Waals surface area contributed by atoms with E-state index in [1.165, 1.54) is 11.3 Å². The summed E-state index contributed by atoms with van der Waals surface area (Å²) in [4.78, 5) is 2.15. The van der Waals surface area contributed by atoms with Crippen LogP contribution in [0.3, 0.4) is 0 Å². The van der Waals surface area contributed by atoms with Gasteiger partial charge in [-0.05, 0) is 0 Å². The van der Waals surface area contributed by atoms with Gasteiger partial charge in [-0.2, -0.15) is 0 Å². The van der Waals surface area contributed by atoms with Crippen LogP contribution in [0.25, 0.3) is 0 Å². The van der Waals surface area contributed by atoms with Gasteiger partial charge in [-0.15, -0.1) is 0 Å². The quantitative estimate of drug-likeness (QED) is 0.662. The van der Waals surface area contributed by atoms with Gasteiger partial charge in [-0.1, -0.05) is 0 Å². The normalized spacial score (nSPS) is 9.67. The minimum absolute atomic E-state index is 1.05. The molecule has 60 valence electrons. The van der Waals surface area contributed by atoms with E-state index in [0.717, 1.165) is 6.42 Å². The molecule has 0 aromatic heterocycles. The topological polar surface area (TPSA) is 3.24 Å². The van der Waals surface area contributed by atoms with E-state index in [-0.39, 0.29) is 0 Å². The van der Waals surface area contributed by atoms with Gasteiger partial charge in [0.15, 0.2) is 0 Å². The molecule has 0 unspecified atom stereocenters. The van der Waals surface area contributed by atoms with Crippen LogP contribution in [-0.2, 0) is 26.4 Å². The van der Waals surface area contributed by atoms with E-state index in [4.69, 9.17) is 0 Å². The first-order valence-electron chi connectivity index (χ1n) is 4.00. The van der Waals surface area contributed by atoms with Crippen molar-refractivity contribution in [3.63, 3.8) is 0 Å². The van der Waals surface area contributed by atoms with E-state index in [9.17, 15) is 0 Å². The van der Waals surface area contributed by atoms with Crippen molar-refractivity contribution in [2.45, 2.75) is 6.42 Å². The van der Waals surface area contributed by atoms with Crippen LogP contribution in [0.15, 0.2) is 24.3 Å². The molecule has 1 aromatic rings. The summed E-state index contributed by atoms with van der Waals surface area (Å²) in [7, 11) is 4.16. The zero-order valence-electron chi connectivity index (χ0n) is 7.54. The predicted molar refractivity (Wildman–Crippen MR) is 50.5 cm³/mol. The fraction of sp³-hybridized carbons (Fsp3) is 0.300. The Labute approximate surface area is 85.3 Å². The molecule has 0 spiro atoms. The van der Waals surface area contributed by atoms with Crippen molar-refractivity contribution >= 4 is 10.0 Å². The molecule has 0 atom stereocenters. The van der Waals surface area contributed by atoms with Gasteiger partial charge in [0.2, 0.25) is 0 Å². The zero-order valence-corrected chi connectivity index (χ0v) is 9.10. The molecule has 12 heavy (non-hydrogen) atoms. The fourth-order valence-electron chi connectivity index (χ4n) is 1.23. The molecule has 0 radical (unpaired) electrons. The summed E-state index contributed by atoms with van der Waals surface area (Å²) in [6.45, 7) is 0. The Hall–Kier alpha value is -0.396. The molecule has 0 saturated heterocycles. The van der Waals surface area contributed by atoms with Crippen molar-refractivity contribution in [1.29, 1.82) is 0 Å². The van der Waals surface area contributed by atoms with E-state index in [2.05, 4.69) is 67.5 Å². The first-order valence-corrected chi connectivity index (χ1v) is 4.90. The number of anilines is 1. The summed E-state index contributed by atoms with van der Waals surface area (Å²) in [5.41, 5.74) is 2.71. The van der Waals surface area contributed by atoms with Gasteiger partial charge < -0.3 is 0 Å². The summed E-state index contributed by atoms with van der Waals surface area (Å²) >= 11 is 2.09. The van der Waals surface area contributed by atoms with Crippen LogP contribution in [0.1, 0.15) is 5.56 Å². The molecule has 2 heteroatoms.